The van der Waals surface area contributed by atoms with Gasteiger partial charge in [-0.15, -0.1) is 0 Å². The molecular formula is C16H22BrNO2. The number of hydrogen-bond acceptors (Lipinski definition) is 3. The Bertz CT molecular complexity index is 460. The normalized spacial score (nSPS) is 29.6. The van der Waals surface area contributed by atoms with Gasteiger partial charge in [0.15, 0.2) is 0 Å². The van der Waals surface area contributed by atoms with E-state index in [9.17, 15) is 0 Å². The molecule has 2 heterocycles. The highest BCUT2D eigenvalue weighted by Crippen LogP contribution is 2.39. The number of halogens is 1. The molecule has 4 heteroatoms. The molecule has 0 aromatic heterocycles. The van der Waals surface area contributed by atoms with Gasteiger partial charge in [0.25, 0.3) is 0 Å². The quantitative estimate of drug-likeness (QED) is 0.911. The summed E-state index contributed by atoms with van der Waals surface area (Å²) in [5, 5.41) is 3.59. The fourth-order valence-corrected chi connectivity index (χ4v) is 3.60. The van der Waals surface area contributed by atoms with Gasteiger partial charge in [0.05, 0.1) is 6.61 Å². The molecule has 3 nitrogen and oxygen atoms in total. The van der Waals surface area contributed by atoms with E-state index in [1.165, 1.54) is 12.0 Å². The Kier molecular flexibility index (Phi) is 4.64. The average molecular weight is 340 g/mol. The fraction of sp³-hybridized carbons (Fsp3) is 0.625. The molecule has 0 bridgehead atoms. The second-order valence-corrected chi connectivity index (χ2v) is 6.58. The Morgan fingerprint density at radius 3 is 3.05 bits per heavy atom. The summed E-state index contributed by atoms with van der Waals surface area (Å²) in [6.45, 7) is 4.88. The van der Waals surface area contributed by atoms with Crippen molar-refractivity contribution >= 4 is 15.9 Å². The Morgan fingerprint density at radius 2 is 2.30 bits per heavy atom. The largest absolute Gasteiger partial charge is 0.490 e. The Hall–Kier alpha value is -0.580. The van der Waals surface area contributed by atoms with Crippen LogP contribution in [0.3, 0.4) is 0 Å². The van der Waals surface area contributed by atoms with Crippen molar-refractivity contribution in [1.29, 1.82) is 0 Å². The van der Waals surface area contributed by atoms with E-state index in [0.29, 0.717) is 12.0 Å². The number of nitrogens with one attached hydrogen (secondary N) is 1. The third-order valence-corrected chi connectivity index (χ3v) is 4.76. The molecule has 1 aromatic rings. The van der Waals surface area contributed by atoms with Gasteiger partial charge < -0.3 is 14.8 Å². The maximum atomic E-state index is 6.28. The van der Waals surface area contributed by atoms with Gasteiger partial charge in [-0.05, 0) is 31.5 Å². The lowest BCUT2D eigenvalue weighted by Gasteiger charge is -2.38. The predicted octanol–water partition coefficient (Wildman–Crippen LogP) is 3.68. The lowest BCUT2D eigenvalue weighted by atomic mass is 9.87. The van der Waals surface area contributed by atoms with E-state index in [1.54, 1.807) is 0 Å². The zero-order valence-electron chi connectivity index (χ0n) is 11.9. The van der Waals surface area contributed by atoms with Gasteiger partial charge in [0, 0.05) is 35.0 Å². The minimum atomic E-state index is 0.265. The van der Waals surface area contributed by atoms with Crippen molar-refractivity contribution in [2.75, 3.05) is 19.8 Å². The van der Waals surface area contributed by atoms with Crippen LogP contribution in [-0.4, -0.2) is 25.9 Å². The molecule has 20 heavy (non-hydrogen) atoms. The summed E-state index contributed by atoms with van der Waals surface area (Å²) < 4.78 is 13.0. The monoisotopic (exact) mass is 339 g/mol. The molecule has 1 aromatic carbocycles. The summed E-state index contributed by atoms with van der Waals surface area (Å²) in [6.07, 6.45) is 3.67. The highest BCUT2D eigenvalue weighted by molar-refractivity contribution is 9.10. The minimum absolute atomic E-state index is 0.265. The molecule has 1 N–H and O–H groups in total. The maximum absolute atomic E-state index is 6.28. The molecule has 110 valence electrons. The molecule has 2 aliphatic rings. The van der Waals surface area contributed by atoms with E-state index < -0.39 is 0 Å². The number of rotatable bonds is 3. The highest BCUT2D eigenvalue weighted by atomic mass is 79.9. The van der Waals surface area contributed by atoms with Crippen LogP contribution in [0.15, 0.2) is 22.7 Å². The first-order valence-corrected chi connectivity index (χ1v) is 8.34. The molecule has 2 aliphatic heterocycles. The standard InChI is InChI=1S/C16H22BrNO2/c1-2-18-14-9-15(11-4-3-7-19-10-11)20-16-8-12(17)5-6-13(14)16/h5-6,8,11,14-15,18H,2-4,7,9-10H2,1H3. The predicted molar refractivity (Wildman–Crippen MR) is 83.1 cm³/mol. The fourth-order valence-electron chi connectivity index (χ4n) is 3.26. The van der Waals surface area contributed by atoms with E-state index in [4.69, 9.17) is 9.47 Å². The van der Waals surface area contributed by atoms with E-state index in [1.807, 2.05) is 0 Å². The lowest BCUT2D eigenvalue weighted by Crippen LogP contribution is -2.40. The van der Waals surface area contributed by atoms with Gasteiger partial charge in [0.1, 0.15) is 11.9 Å². The maximum Gasteiger partial charge on any atom is 0.125 e. The van der Waals surface area contributed by atoms with E-state index in [-0.39, 0.29) is 6.10 Å². The first-order chi connectivity index (χ1) is 9.78. The van der Waals surface area contributed by atoms with Gasteiger partial charge in [0.2, 0.25) is 0 Å². The van der Waals surface area contributed by atoms with Crippen molar-refractivity contribution in [2.24, 2.45) is 5.92 Å². The molecule has 1 fully saturated rings. The summed E-state index contributed by atoms with van der Waals surface area (Å²) in [7, 11) is 0. The molecule has 0 radical (unpaired) electrons. The van der Waals surface area contributed by atoms with E-state index >= 15 is 0 Å². The summed E-state index contributed by atoms with van der Waals surface area (Å²) in [4.78, 5) is 0. The third-order valence-electron chi connectivity index (χ3n) is 4.27. The van der Waals surface area contributed by atoms with Crippen LogP contribution >= 0.6 is 15.9 Å². The smallest absolute Gasteiger partial charge is 0.125 e. The van der Waals surface area contributed by atoms with Crippen molar-refractivity contribution in [2.45, 2.75) is 38.3 Å². The molecular weight excluding hydrogens is 318 g/mol. The van der Waals surface area contributed by atoms with Gasteiger partial charge in [-0.3, -0.25) is 0 Å². The lowest BCUT2D eigenvalue weighted by molar-refractivity contribution is -0.0110. The average Bonchev–Trinajstić information content (AvgIpc) is 2.48. The first kappa shape index (κ1) is 14.4. The SMILES string of the molecule is CCNC1CC(C2CCCOC2)Oc2cc(Br)ccc21. The Labute approximate surface area is 129 Å². The molecule has 3 atom stereocenters. The van der Waals surface area contributed by atoms with Crippen LogP contribution in [0.5, 0.6) is 5.75 Å². The van der Waals surface area contributed by atoms with Gasteiger partial charge in [-0.1, -0.05) is 28.9 Å². The van der Waals surface area contributed by atoms with E-state index in [2.05, 4.69) is 46.4 Å². The van der Waals surface area contributed by atoms with Crippen LogP contribution in [0.1, 0.15) is 37.8 Å². The molecule has 0 saturated carbocycles. The van der Waals surface area contributed by atoms with Crippen LogP contribution in [0.4, 0.5) is 0 Å². The van der Waals surface area contributed by atoms with Crippen molar-refractivity contribution in [3.05, 3.63) is 28.2 Å². The van der Waals surface area contributed by atoms with E-state index in [0.717, 1.165) is 42.8 Å². The third kappa shape index (κ3) is 3.02. The molecule has 0 spiro atoms. The second kappa shape index (κ2) is 6.46. The highest BCUT2D eigenvalue weighted by Gasteiger charge is 2.34. The van der Waals surface area contributed by atoms with Gasteiger partial charge in [-0.25, -0.2) is 0 Å². The van der Waals surface area contributed by atoms with Crippen molar-refractivity contribution in [3.63, 3.8) is 0 Å². The number of hydrogen-bond donors (Lipinski definition) is 1. The zero-order valence-corrected chi connectivity index (χ0v) is 13.5. The van der Waals surface area contributed by atoms with Crippen LogP contribution in [-0.2, 0) is 4.74 Å². The molecule has 0 amide bonds. The summed E-state index contributed by atoms with van der Waals surface area (Å²) >= 11 is 3.54. The number of fused-ring (bicyclic) bond motifs is 1. The summed E-state index contributed by atoms with van der Waals surface area (Å²) in [5.41, 5.74) is 1.28. The molecule has 0 aliphatic carbocycles. The molecule has 3 unspecified atom stereocenters. The van der Waals surface area contributed by atoms with Crippen LogP contribution in [0, 0.1) is 5.92 Å². The minimum Gasteiger partial charge on any atom is -0.490 e. The van der Waals surface area contributed by atoms with Crippen LogP contribution in [0.25, 0.3) is 0 Å². The molecule has 3 rings (SSSR count). The number of benzene rings is 1. The Morgan fingerprint density at radius 1 is 1.40 bits per heavy atom. The topological polar surface area (TPSA) is 30.5 Å². The summed E-state index contributed by atoms with van der Waals surface area (Å²) in [6, 6.07) is 6.75. The Balaban J connectivity index is 1.83. The molecule has 1 saturated heterocycles. The van der Waals surface area contributed by atoms with Gasteiger partial charge >= 0.3 is 0 Å². The number of ether oxygens (including phenoxy) is 2. The first-order valence-electron chi connectivity index (χ1n) is 7.55. The zero-order chi connectivity index (χ0) is 13.9. The summed E-state index contributed by atoms with van der Waals surface area (Å²) in [5.74, 6) is 1.55. The second-order valence-electron chi connectivity index (χ2n) is 5.66. The van der Waals surface area contributed by atoms with Crippen molar-refractivity contribution in [3.8, 4) is 5.75 Å². The van der Waals surface area contributed by atoms with Crippen molar-refractivity contribution in [1.82, 2.24) is 5.32 Å². The van der Waals surface area contributed by atoms with Gasteiger partial charge in [-0.2, -0.15) is 0 Å². The van der Waals surface area contributed by atoms with Crippen LogP contribution in [0.2, 0.25) is 0 Å². The van der Waals surface area contributed by atoms with Crippen molar-refractivity contribution < 1.29 is 9.47 Å². The van der Waals surface area contributed by atoms with Crippen LogP contribution < -0.4 is 10.1 Å².